The van der Waals surface area contributed by atoms with Crippen LogP contribution in [0.25, 0.3) is 0 Å². The van der Waals surface area contributed by atoms with Crippen molar-refractivity contribution in [1.29, 1.82) is 0 Å². The van der Waals surface area contributed by atoms with Gasteiger partial charge in [0.2, 0.25) is 10.0 Å². The number of aliphatic hydroxyl groups excluding tert-OH is 1. The van der Waals surface area contributed by atoms with Gasteiger partial charge in [-0.25, -0.2) is 12.7 Å². The third-order valence-electron chi connectivity index (χ3n) is 3.26. The van der Waals surface area contributed by atoms with Crippen LogP contribution < -0.4 is 0 Å². The summed E-state index contributed by atoms with van der Waals surface area (Å²) in [6, 6.07) is 0. The normalized spacial score (nSPS) is 30.1. The maximum Gasteiger partial charge on any atom is 0.214 e. The molecular weight excluding hydrogens is 202 g/mol. The van der Waals surface area contributed by atoms with Gasteiger partial charge in [0.05, 0.1) is 5.75 Å². The molecule has 1 N–H and O–H groups in total. The average Bonchev–Trinajstić information content (AvgIpc) is 2.90. The number of rotatable bonds is 3. The lowest BCUT2D eigenvalue weighted by atomic mass is 10.1. The molecule has 82 valence electrons. The smallest absolute Gasteiger partial charge is 0.214 e. The molecule has 0 aromatic rings. The molecule has 1 aliphatic carbocycles. The van der Waals surface area contributed by atoms with Crippen molar-refractivity contribution in [3.05, 3.63) is 0 Å². The molecule has 1 saturated carbocycles. The summed E-state index contributed by atoms with van der Waals surface area (Å²) in [7, 11) is -3.00. The van der Waals surface area contributed by atoms with Crippen LogP contribution in [0.2, 0.25) is 0 Å². The Labute approximate surface area is 85.0 Å². The van der Waals surface area contributed by atoms with Gasteiger partial charge in [-0.05, 0) is 25.7 Å². The van der Waals surface area contributed by atoms with Crippen molar-refractivity contribution in [1.82, 2.24) is 4.31 Å². The highest BCUT2D eigenvalue weighted by Gasteiger charge is 2.45. The Morgan fingerprint density at radius 2 is 2.00 bits per heavy atom. The van der Waals surface area contributed by atoms with Crippen LogP contribution in [0.15, 0.2) is 0 Å². The van der Waals surface area contributed by atoms with Gasteiger partial charge >= 0.3 is 0 Å². The van der Waals surface area contributed by atoms with E-state index in [1.165, 1.54) is 0 Å². The second-order valence-corrected chi connectivity index (χ2v) is 6.60. The third kappa shape index (κ3) is 1.94. The van der Waals surface area contributed by atoms with Crippen LogP contribution in [0.4, 0.5) is 0 Å². The maximum absolute atomic E-state index is 11.6. The van der Waals surface area contributed by atoms with E-state index in [0.29, 0.717) is 13.1 Å². The van der Waals surface area contributed by atoms with Crippen LogP contribution in [0.3, 0.4) is 0 Å². The molecule has 0 unspecified atom stereocenters. The van der Waals surface area contributed by atoms with Crippen LogP contribution >= 0.6 is 0 Å². The zero-order valence-electron chi connectivity index (χ0n) is 8.28. The third-order valence-corrected chi connectivity index (χ3v) is 5.16. The summed E-state index contributed by atoms with van der Waals surface area (Å²) >= 11 is 0. The van der Waals surface area contributed by atoms with Crippen molar-refractivity contribution in [2.75, 3.05) is 25.4 Å². The zero-order chi connectivity index (χ0) is 10.2. The van der Waals surface area contributed by atoms with E-state index in [1.54, 1.807) is 4.31 Å². The molecule has 1 saturated heterocycles. The van der Waals surface area contributed by atoms with Gasteiger partial charge < -0.3 is 5.11 Å². The van der Waals surface area contributed by atoms with Gasteiger partial charge in [-0.15, -0.1) is 0 Å². The molecule has 2 fully saturated rings. The van der Waals surface area contributed by atoms with Crippen molar-refractivity contribution in [2.24, 2.45) is 5.41 Å². The molecule has 0 bridgehead atoms. The molecule has 0 aromatic carbocycles. The topological polar surface area (TPSA) is 57.6 Å². The Kier molecular flexibility index (Phi) is 2.57. The first-order valence-corrected chi connectivity index (χ1v) is 6.78. The Bertz CT molecular complexity index is 308. The standard InChI is InChI=1S/C9H17NO3S/c11-8-9(3-4-9)7-10-5-1-2-6-14(10,12)13/h11H,1-8H2. The molecule has 0 spiro atoms. The highest BCUT2D eigenvalue weighted by atomic mass is 32.2. The van der Waals surface area contributed by atoms with Gasteiger partial charge in [0.25, 0.3) is 0 Å². The van der Waals surface area contributed by atoms with E-state index >= 15 is 0 Å². The van der Waals surface area contributed by atoms with Gasteiger partial charge in [0.15, 0.2) is 0 Å². The fourth-order valence-electron chi connectivity index (χ4n) is 1.94. The van der Waals surface area contributed by atoms with Gasteiger partial charge in [-0.1, -0.05) is 0 Å². The molecule has 5 heteroatoms. The SMILES string of the molecule is O=S1(=O)CCCCN1CC1(CO)CC1. The van der Waals surface area contributed by atoms with E-state index in [4.69, 9.17) is 5.11 Å². The van der Waals surface area contributed by atoms with Gasteiger partial charge in [0, 0.05) is 25.1 Å². The molecule has 0 aromatic heterocycles. The highest BCUT2D eigenvalue weighted by Crippen LogP contribution is 2.46. The van der Waals surface area contributed by atoms with E-state index in [1.807, 2.05) is 0 Å². The fourth-order valence-corrected chi connectivity index (χ4v) is 3.64. The van der Waals surface area contributed by atoms with Crippen LogP contribution in [0.1, 0.15) is 25.7 Å². The first kappa shape index (κ1) is 10.4. The van der Waals surface area contributed by atoms with Gasteiger partial charge in [0.1, 0.15) is 0 Å². The molecular formula is C9H17NO3S. The summed E-state index contributed by atoms with van der Waals surface area (Å²) in [6.07, 6.45) is 3.68. The van der Waals surface area contributed by atoms with Crippen LogP contribution in [-0.2, 0) is 10.0 Å². The van der Waals surface area contributed by atoms with Crippen LogP contribution in [0, 0.1) is 5.41 Å². The fraction of sp³-hybridized carbons (Fsp3) is 1.00. The van der Waals surface area contributed by atoms with Crippen molar-refractivity contribution < 1.29 is 13.5 Å². The zero-order valence-corrected chi connectivity index (χ0v) is 9.09. The lowest BCUT2D eigenvalue weighted by Gasteiger charge is -2.29. The Morgan fingerprint density at radius 3 is 2.50 bits per heavy atom. The number of hydrogen-bond acceptors (Lipinski definition) is 3. The van der Waals surface area contributed by atoms with E-state index < -0.39 is 10.0 Å². The van der Waals surface area contributed by atoms with E-state index in [0.717, 1.165) is 25.7 Å². The van der Waals surface area contributed by atoms with Crippen LogP contribution in [0.5, 0.6) is 0 Å². The van der Waals surface area contributed by atoms with Crippen LogP contribution in [-0.4, -0.2) is 43.3 Å². The van der Waals surface area contributed by atoms with E-state index in [-0.39, 0.29) is 17.8 Å². The number of aliphatic hydroxyl groups is 1. The van der Waals surface area contributed by atoms with Crippen molar-refractivity contribution in [3.63, 3.8) is 0 Å². The molecule has 1 aliphatic heterocycles. The van der Waals surface area contributed by atoms with Crippen molar-refractivity contribution >= 4 is 10.0 Å². The molecule has 0 atom stereocenters. The van der Waals surface area contributed by atoms with Gasteiger partial charge in [-0.3, -0.25) is 0 Å². The van der Waals surface area contributed by atoms with Crippen molar-refractivity contribution in [2.45, 2.75) is 25.7 Å². The summed E-state index contributed by atoms with van der Waals surface area (Å²) in [5, 5.41) is 9.14. The molecule has 4 nitrogen and oxygen atoms in total. The predicted molar refractivity (Wildman–Crippen MR) is 53.3 cm³/mol. The molecule has 2 rings (SSSR count). The predicted octanol–water partition coefficient (Wildman–Crippen LogP) is 0.184. The van der Waals surface area contributed by atoms with Crippen molar-refractivity contribution in [3.8, 4) is 0 Å². The molecule has 1 heterocycles. The first-order chi connectivity index (χ1) is 6.58. The van der Waals surface area contributed by atoms with Gasteiger partial charge in [-0.2, -0.15) is 0 Å². The largest absolute Gasteiger partial charge is 0.396 e. The molecule has 2 aliphatic rings. The summed E-state index contributed by atoms with van der Waals surface area (Å²) in [5.41, 5.74) is -0.0928. The summed E-state index contributed by atoms with van der Waals surface area (Å²) < 4.78 is 24.9. The minimum Gasteiger partial charge on any atom is -0.396 e. The highest BCUT2D eigenvalue weighted by molar-refractivity contribution is 7.89. The minimum atomic E-state index is -3.00. The Hall–Kier alpha value is -0.130. The monoisotopic (exact) mass is 219 g/mol. The van der Waals surface area contributed by atoms with E-state index in [9.17, 15) is 8.42 Å². The summed E-state index contributed by atoms with van der Waals surface area (Å²) in [5.74, 6) is 0.286. The molecule has 0 amide bonds. The summed E-state index contributed by atoms with van der Waals surface area (Å²) in [6.45, 7) is 1.30. The Balaban J connectivity index is 2.03. The number of hydrogen-bond donors (Lipinski definition) is 1. The lowest BCUT2D eigenvalue weighted by molar-refractivity contribution is 0.182. The average molecular weight is 219 g/mol. The van der Waals surface area contributed by atoms with E-state index in [2.05, 4.69) is 0 Å². The second-order valence-electron chi connectivity index (χ2n) is 4.51. The number of nitrogens with zero attached hydrogens (tertiary/aromatic N) is 1. The number of sulfonamides is 1. The second kappa shape index (κ2) is 3.47. The minimum absolute atomic E-state index is 0.0928. The summed E-state index contributed by atoms with van der Waals surface area (Å²) in [4.78, 5) is 0. The quantitative estimate of drug-likeness (QED) is 0.737. The first-order valence-electron chi connectivity index (χ1n) is 5.17. The Morgan fingerprint density at radius 1 is 1.29 bits per heavy atom. The molecule has 0 radical (unpaired) electrons. The maximum atomic E-state index is 11.6. The lowest BCUT2D eigenvalue weighted by Crippen LogP contribution is -2.42. The molecule has 14 heavy (non-hydrogen) atoms.